The lowest BCUT2D eigenvalue weighted by Crippen LogP contribution is -2.43. The maximum atomic E-state index is 11.7. The van der Waals surface area contributed by atoms with Crippen LogP contribution in [0.3, 0.4) is 0 Å². The summed E-state index contributed by atoms with van der Waals surface area (Å²) in [4.78, 5) is 17.6. The van der Waals surface area contributed by atoms with Crippen molar-refractivity contribution >= 4 is 11.9 Å². The normalized spacial score (nSPS) is 16.1. The minimum atomic E-state index is 0.0452. The molecule has 0 spiro atoms. The molecule has 1 aliphatic rings. The Balaban J connectivity index is 2.29. The Bertz CT molecular complexity index is 263. The Hall–Kier alpha value is -1.34. The predicted molar refractivity (Wildman–Crippen MR) is 65.3 cm³/mol. The van der Waals surface area contributed by atoms with Crippen LogP contribution < -0.4 is 16.6 Å². The summed E-state index contributed by atoms with van der Waals surface area (Å²) in [6.07, 6.45) is 2.17. The predicted octanol–water partition coefficient (Wildman–Crippen LogP) is -1.34. The molecule has 17 heavy (non-hydrogen) atoms. The zero-order chi connectivity index (χ0) is 12.5. The van der Waals surface area contributed by atoms with Crippen molar-refractivity contribution in [2.75, 3.05) is 39.9 Å². The van der Waals surface area contributed by atoms with Gasteiger partial charge in [-0.15, -0.1) is 0 Å². The molecule has 1 aliphatic heterocycles. The molecule has 0 aromatic carbocycles. The van der Waals surface area contributed by atoms with Crippen LogP contribution in [0.1, 0.15) is 12.8 Å². The quantitative estimate of drug-likeness (QED) is 0.183. The number of nitrogens with two attached hydrogens (primary N) is 1. The monoisotopic (exact) mass is 243 g/mol. The lowest BCUT2D eigenvalue weighted by Gasteiger charge is -2.14. The average molecular weight is 243 g/mol. The van der Waals surface area contributed by atoms with Gasteiger partial charge in [-0.2, -0.15) is 0 Å². The van der Waals surface area contributed by atoms with Crippen LogP contribution in [-0.4, -0.2) is 56.7 Å². The molecule has 0 atom stereocenters. The van der Waals surface area contributed by atoms with E-state index in [1.165, 1.54) is 0 Å². The third-order valence-electron chi connectivity index (χ3n) is 2.57. The van der Waals surface area contributed by atoms with Crippen LogP contribution in [0.4, 0.5) is 0 Å². The first-order valence-electron chi connectivity index (χ1n) is 5.79. The smallest absolute Gasteiger partial charge is 0.244 e. The first kappa shape index (κ1) is 13.7. The fraction of sp³-hybridized carbons (Fsp3) is 0.800. The second-order valence-corrected chi connectivity index (χ2v) is 3.82. The number of carbonyl (C=O) groups excluding carboxylic acids is 1. The molecule has 1 amide bonds. The molecule has 7 nitrogen and oxygen atoms in total. The molecule has 0 saturated carbocycles. The number of methoxy groups -OCH3 is 1. The van der Waals surface area contributed by atoms with E-state index in [9.17, 15) is 4.79 Å². The zero-order valence-electron chi connectivity index (χ0n) is 10.2. The summed E-state index contributed by atoms with van der Waals surface area (Å²) in [6, 6.07) is 0. The van der Waals surface area contributed by atoms with Gasteiger partial charge in [-0.3, -0.25) is 10.2 Å². The molecular weight excluding hydrogens is 222 g/mol. The summed E-state index contributed by atoms with van der Waals surface area (Å²) in [7, 11) is 1.62. The van der Waals surface area contributed by atoms with Crippen LogP contribution in [0.25, 0.3) is 0 Å². The van der Waals surface area contributed by atoms with Gasteiger partial charge in [0.1, 0.15) is 6.54 Å². The SMILES string of the molecule is COCCNC(=NCC(=O)N1CCCC1)NN. The molecule has 0 unspecified atom stereocenters. The van der Waals surface area contributed by atoms with E-state index in [0.29, 0.717) is 19.1 Å². The second kappa shape index (κ2) is 7.86. The van der Waals surface area contributed by atoms with Crippen molar-refractivity contribution in [1.29, 1.82) is 0 Å². The Morgan fingerprint density at radius 2 is 2.18 bits per heavy atom. The molecule has 4 N–H and O–H groups in total. The second-order valence-electron chi connectivity index (χ2n) is 3.82. The zero-order valence-corrected chi connectivity index (χ0v) is 10.2. The summed E-state index contributed by atoms with van der Waals surface area (Å²) in [5.74, 6) is 5.74. The number of hydrazine groups is 1. The van der Waals surface area contributed by atoms with Gasteiger partial charge in [0.15, 0.2) is 0 Å². The van der Waals surface area contributed by atoms with E-state index in [2.05, 4.69) is 15.7 Å². The van der Waals surface area contributed by atoms with Crippen molar-refractivity contribution < 1.29 is 9.53 Å². The van der Waals surface area contributed by atoms with E-state index in [1.807, 2.05) is 4.90 Å². The Labute approximate surface area is 101 Å². The van der Waals surface area contributed by atoms with Gasteiger partial charge in [-0.1, -0.05) is 0 Å². The van der Waals surface area contributed by atoms with Crippen LogP contribution in [0.5, 0.6) is 0 Å². The Morgan fingerprint density at radius 3 is 2.76 bits per heavy atom. The number of aliphatic imine (C=N–C) groups is 1. The lowest BCUT2D eigenvalue weighted by molar-refractivity contribution is -0.128. The van der Waals surface area contributed by atoms with Gasteiger partial charge in [0.05, 0.1) is 6.61 Å². The van der Waals surface area contributed by atoms with E-state index in [1.54, 1.807) is 7.11 Å². The topological polar surface area (TPSA) is 92.0 Å². The number of hydrogen-bond donors (Lipinski definition) is 3. The van der Waals surface area contributed by atoms with Crippen molar-refractivity contribution in [3.8, 4) is 0 Å². The molecule has 7 heteroatoms. The van der Waals surface area contributed by atoms with Crippen molar-refractivity contribution in [2.45, 2.75) is 12.8 Å². The largest absolute Gasteiger partial charge is 0.383 e. The minimum absolute atomic E-state index is 0.0452. The fourth-order valence-electron chi connectivity index (χ4n) is 1.64. The highest BCUT2D eigenvalue weighted by molar-refractivity contribution is 5.84. The Kier molecular flexibility index (Phi) is 6.34. The number of rotatable bonds is 5. The van der Waals surface area contributed by atoms with Gasteiger partial charge in [0.25, 0.3) is 0 Å². The molecule has 0 aromatic heterocycles. The molecule has 1 fully saturated rings. The molecule has 1 rings (SSSR count). The fourth-order valence-corrected chi connectivity index (χ4v) is 1.64. The Morgan fingerprint density at radius 1 is 1.47 bits per heavy atom. The molecule has 0 aliphatic carbocycles. The molecule has 98 valence electrons. The first-order valence-corrected chi connectivity index (χ1v) is 5.79. The van der Waals surface area contributed by atoms with Gasteiger partial charge in [-0.05, 0) is 12.8 Å². The van der Waals surface area contributed by atoms with E-state index in [4.69, 9.17) is 10.6 Å². The van der Waals surface area contributed by atoms with Gasteiger partial charge in [0.2, 0.25) is 11.9 Å². The number of guanidine groups is 1. The van der Waals surface area contributed by atoms with Crippen molar-refractivity contribution in [2.24, 2.45) is 10.8 Å². The maximum Gasteiger partial charge on any atom is 0.244 e. The summed E-state index contributed by atoms with van der Waals surface area (Å²) in [6.45, 7) is 2.96. The lowest BCUT2D eigenvalue weighted by atomic mass is 10.4. The summed E-state index contributed by atoms with van der Waals surface area (Å²) in [5, 5.41) is 2.93. The number of likely N-dealkylation sites (tertiary alicyclic amines) is 1. The number of nitrogens with zero attached hydrogens (tertiary/aromatic N) is 2. The maximum absolute atomic E-state index is 11.7. The van der Waals surface area contributed by atoms with Crippen LogP contribution in [0.2, 0.25) is 0 Å². The van der Waals surface area contributed by atoms with E-state index < -0.39 is 0 Å². The summed E-state index contributed by atoms with van der Waals surface area (Å²) < 4.78 is 4.88. The molecule has 1 saturated heterocycles. The summed E-state index contributed by atoms with van der Waals surface area (Å²) in [5.41, 5.74) is 2.42. The molecule has 0 aromatic rings. The van der Waals surface area contributed by atoms with E-state index >= 15 is 0 Å². The number of nitrogens with one attached hydrogen (secondary N) is 2. The highest BCUT2D eigenvalue weighted by Crippen LogP contribution is 2.07. The van der Waals surface area contributed by atoms with Crippen molar-refractivity contribution in [1.82, 2.24) is 15.6 Å². The number of carbonyl (C=O) groups is 1. The molecule has 1 heterocycles. The van der Waals surface area contributed by atoms with E-state index in [0.717, 1.165) is 25.9 Å². The molecule has 0 bridgehead atoms. The average Bonchev–Trinajstić information content (AvgIpc) is 2.87. The third-order valence-corrected chi connectivity index (χ3v) is 2.57. The number of ether oxygens (including phenoxy) is 1. The van der Waals surface area contributed by atoms with Crippen LogP contribution >= 0.6 is 0 Å². The molecular formula is C10H21N5O2. The highest BCUT2D eigenvalue weighted by atomic mass is 16.5. The minimum Gasteiger partial charge on any atom is -0.383 e. The first-order chi connectivity index (χ1) is 8.27. The number of amides is 1. The highest BCUT2D eigenvalue weighted by Gasteiger charge is 2.17. The number of hydrogen-bond acceptors (Lipinski definition) is 4. The van der Waals surface area contributed by atoms with Crippen molar-refractivity contribution in [3.63, 3.8) is 0 Å². The van der Waals surface area contributed by atoms with Crippen LogP contribution in [0.15, 0.2) is 4.99 Å². The third kappa shape index (κ3) is 5.01. The van der Waals surface area contributed by atoms with Gasteiger partial charge in [-0.25, -0.2) is 10.8 Å². The van der Waals surface area contributed by atoms with Crippen molar-refractivity contribution in [3.05, 3.63) is 0 Å². The van der Waals surface area contributed by atoms with Gasteiger partial charge in [0, 0.05) is 26.7 Å². The van der Waals surface area contributed by atoms with Crippen LogP contribution in [-0.2, 0) is 9.53 Å². The standard InChI is InChI=1S/C10H21N5O2/c1-17-7-4-12-10(14-11)13-8-9(16)15-5-2-3-6-15/h2-8,11H2,1H3,(H2,12,13,14). The van der Waals surface area contributed by atoms with Gasteiger partial charge >= 0.3 is 0 Å². The molecule has 0 radical (unpaired) electrons. The van der Waals surface area contributed by atoms with Crippen LogP contribution in [0, 0.1) is 0 Å². The van der Waals surface area contributed by atoms with E-state index in [-0.39, 0.29) is 12.5 Å². The summed E-state index contributed by atoms with van der Waals surface area (Å²) >= 11 is 0. The van der Waals surface area contributed by atoms with Gasteiger partial charge < -0.3 is 15.0 Å².